The van der Waals surface area contributed by atoms with Crippen LogP contribution >= 0.6 is 0 Å². The fourth-order valence-corrected chi connectivity index (χ4v) is 4.13. The van der Waals surface area contributed by atoms with Crippen molar-refractivity contribution < 1.29 is 23.5 Å². The molecule has 0 spiro atoms. The quantitative estimate of drug-likeness (QED) is 0.531. The molecule has 1 aliphatic carbocycles. The number of para-hydroxylation sites is 1. The van der Waals surface area contributed by atoms with E-state index in [1.165, 1.54) is 17.0 Å². The van der Waals surface area contributed by atoms with Crippen LogP contribution in [0.1, 0.15) is 37.3 Å². The van der Waals surface area contributed by atoms with Gasteiger partial charge in [-0.2, -0.15) is 0 Å². The lowest BCUT2D eigenvalue weighted by molar-refractivity contribution is -0.137. The van der Waals surface area contributed by atoms with Crippen LogP contribution in [0, 0.1) is 18.7 Å². The predicted octanol–water partition coefficient (Wildman–Crippen LogP) is 2.59. The first-order chi connectivity index (χ1) is 18.2. The summed E-state index contributed by atoms with van der Waals surface area (Å²) in [5.41, 5.74) is 2.17. The van der Waals surface area contributed by atoms with Crippen molar-refractivity contribution >= 4 is 17.7 Å². The van der Waals surface area contributed by atoms with E-state index in [9.17, 15) is 18.8 Å². The van der Waals surface area contributed by atoms with E-state index in [0.717, 1.165) is 42.6 Å². The summed E-state index contributed by atoms with van der Waals surface area (Å²) in [7, 11) is 1.62. The number of rotatable bonds is 1. The summed E-state index contributed by atoms with van der Waals surface area (Å²) in [5.74, 6) is 0.259. The monoisotopic (exact) mass is 526 g/mol. The van der Waals surface area contributed by atoms with Gasteiger partial charge >= 0.3 is 0 Å². The van der Waals surface area contributed by atoms with Crippen LogP contribution in [0.25, 0.3) is 0 Å². The Morgan fingerprint density at radius 3 is 2.37 bits per heavy atom. The minimum Gasteiger partial charge on any atom is -0.489 e. The van der Waals surface area contributed by atoms with Gasteiger partial charge in [-0.15, -0.1) is 0 Å². The van der Waals surface area contributed by atoms with E-state index in [4.69, 9.17) is 4.74 Å². The minimum absolute atomic E-state index is 0.0730. The van der Waals surface area contributed by atoms with E-state index in [1.54, 1.807) is 19.2 Å². The molecule has 1 heterocycles. The lowest BCUT2D eigenvalue weighted by Gasteiger charge is -2.26. The molecule has 2 atom stereocenters. The Bertz CT molecular complexity index is 1050. The summed E-state index contributed by atoms with van der Waals surface area (Å²) in [4.78, 5) is 38.4. The van der Waals surface area contributed by atoms with Crippen molar-refractivity contribution in [2.24, 2.45) is 5.92 Å². The highest BCUT2D eigenvalue weighted by molar-refractivity contribution is 5.89. The van der Waals surface area contributed by atoms with Gasteiger partial charge in [0.05, 0.1) is 19.1 Å². The summed E-state index contributed by atoms with van der Waals surface area (Å²) in [6, 6.07) is 14.0. The zero-order valence-corrected chi connectivity index (χ0v) is 22.5. The van der Waals surface area contributed by atoms with Gasteiger partial charge in [-0.05, 0) is 69.2 Å². The average Bonchev–Trinajstić information content (AvgIpc) is 3.73. The van der Waals surface area contributed by atoms with E-state index in [-0.39, 0.29) is 48.8 Å². The summed E-state index contributed by atoms with van der Waals surface area (Å²) >= 11 is 0. The standard InChI is InChI=1S/C22H32N4O4.C7H7F/c1-15-12-25-21(17-9-10-17)22(29)26(2)14-20(28)24-13-19(27)23-11-5-7-16-6-3-4-8-18(16)30-15;1-6-2-4-7(8)5-3-6/h3-4,6,8,15,17,21,25H,5,7,9-14H2,1-2H3,(H,23,27)(H,24,28);2-5H,1H3. The zero-order chi connectivity index (χ0) is 27.5. The highest BCUT2D eigenvalue weighted by Crippen LogP contribution is 2.33. The smallest absolute Gasteiger partial charge is 0.240 e. The second kappa shape index (κ2) is 14.5. The first kappa shape index (κ1) is 29.1. The fraction of sp³-hybridized carbons (Fsp3) is 0.483. The highest BCUT2D eigenvalue weighted by atomic mass is 19.1. The lowest BCUT2D eigenvalue weighted by Crippen LogP contribution is -2.51. The second-order valence-corrected chi connectivity index (χ2v) is 9.98. The van der Waals surface area contributed by atoms with Crippen LogP contribution in [0.2, 0.25) is 0 Å². The van der Waals surface area contributed by atoms with Gasteiger partial charge in [0.2, 0.25) is 17.7 Å². The van der Waals surface area contributed by atoms with Gasteiger partial charge in [-0.25, -0.2) is 4.39 Å². The maximum atomic E-state index is 12.9. The first-order valence-electron chi connectivity index (χ1n) is 13.2. The van der Waals surface area contributed by atoms with E-state index >= 15 is 0 Å². The van der Waals surface area contributed by atoms with Gasteiger partial charge in [0.1, 0.15) is 17.7 Å². The molecule has 0 bridgehead atoms. The molecule has 2 aromatic carbocycles. The average molecular weight is 527 g/mol. The lowest BCUT2D eigenvalue weighted by atomic mass is 10.1. The summed E-state index contributed by atoms with van der Waals surface area (Å²) in [6.07, 6.45) is 3.43. The van der Waals surface area contributed by atoms with Crippen molar-refractivity contribution in [3.8, 4) is 5.75 Å². The predicted molar refractivity (Wildman–Crippen MR) is 144 cm³/mol. The molecule has 1 saturated carbocycles. The number of nitrogens with one attached hydrogen (secondary N) is 3. The number of likely N-dealkylation sites (N-methyl/N-ethyl adjacent to an activating group) is 1. The van der Waals surface area contributed by atoms with Crippen molar-refractivity contribution in [3.05, 3.63) is 65.5 Å². The number of carbonyl (C=O) groups excluding carboxylic acids is 3. The molecule has 1 fully saturated rings. The van der Waals surface area contributed by atoms with Crippen LogP contribution in [-0.4, -0.2) is 68.0 Å². The topological polar surface area (TPSA) is 99.8 Å². The normalized spacial score (nSPS) is 21.9. The SMILES string of the molecule is CC1CNC(C2CC2)C(=O)N(C)CC(=O)NCC(=O)NCCCc2ccccc2O1.Cc1ccc(F)cc1. The molecular formula is C29H39FN4O4. The van der Waals surface area contributed by atoms with Crippen LogP contribution in [0.4, 0.5) is 4.39 Å². The molecule has 0 aromatic heterocycles. The third-order valence-electron chi connectivity index (χ3n) is 6.44. The number of hydrogen-bond donors (Lipinski definition) is 3. The third-order valence-corrected chi connectivity index (χ3v) is 6.44. The fourth-order valence-electron chi connectivity index (χ4n) is 4.13. The number of nitrogens with zero attached hydrogens (tertiary/aromatic N) is 1. The van der Waals surface area contributed by atoms with Gasteiger partial charge in [0, 0.05) is 20.1 Å². The Morgan fingerprint density at radius 1 is 0.974 bits per heavy atom. The molecule has 2 unspecified atom stereocenters. The number of fused-ring (bicyclic) bond motifs is 1. The van der Waals surface area contributed by atoms with Crippen molar-refractivity contribution in [1.29, 1.82) is 0 Å². The summed E-state index contributed by atoms with van der Waals surface area (Å²) < 4.78 is 18.2. The number of halogens is 1. The maximum Gasteiger partial charge on any atom is 0.240 e. The van der Waals surface area contributed by atoms with Gasteiger partial charge < -0.3 is 25.6 Å². The van der Waals surface area contributed by atoms with Crippen LogP contribution in [-0.2, 0) is 20.8 Å². The second-order valence-electron chi connectivity index (χ2n) is 9.98. The van der Waals surface area contributed by atoms with E-state index in [1.807, 2.05) is 38.1 Å². The molecule has 3 amide bonds. The van der Waals surface area contributed by atoms with Crippen LogP contribution in [0.15, 0.2) is 48.5 Å². The van der Waals surface area contributed by atoms with Gasteiger partial charge in [-0.1, -0.05) is 35.9 Å². The van der Waals surface area contributed by atoms with Crippen molar-refractivity contribution in [3.63, 3.8) is 0 Å². The number of carbonyl (C=O) groups is 3. The van der Waals surface area contributed by atoms with Gasteiger partial charge in [0.25, 0.3) is 0 Å². The number of ether oxygens (including phenoxy) is 1. The molecule has 206 valence electrons. The van der Waals surface area contributed by atoms with Crippen molar-refractivity contribution in [1.82, 2.24) is 20.9 Å². The minimum atomic E-state index is -0.345. The Labute approximate surface area is 224 Å². The molecule has 9 heteroatoms. The van der Waals surface area contributed by atoms with Gasteiger partial charge in [0.15, 0.2) is 0 Å². The molecule has 0 radical (unpaired) electrons. The van der Waals surface area contributed by atoms with Crippen LogP contribution < -0.4 is 20.7 Å². The number of amides is 3. The molecule has 4 rings (SSSR count). The molecule has 2 aliphatic rings. The van der Waals surface area contributed by atoms with Crippen LogP contribution in [0.5, 0.6) is 5.75 Å². The number of benzene rings is 2. The molecule has 1 aliphatic heterocycles. The zero-order valence-electron chi connectivity index (χ0n) is 22.5. The Kier molecular flexibility index (Phi) is 11.1. The Morgan fingerprint density at radius 2 is 1.68 bits per heavy atom. The Balaban J connectivity index is 0.000000427. The number of aryl methyl sites for hydroxylation is 2. The summed E-state index contributed by atoms with van der Waals surface area (Å²) in [5, 5.41) is 8.75. The summed E-state index contributed by atoms with van der Waals surface area (Å²) in [6.45, 7) is 4.80. The van der Waals surface area contributed by atoms with Crippen molar-refractivity contribution in [2.75, 3.05) is 33.2 Å². The molecule has 3 N–H and O–H groups in total. The highest BCUT2D eigenvalue weighted by Gasteiger charge is 2.37. The largest absolute Gasteiger partial charge is 0.489 e. The molecule has 0 saturated heterocycles. The van der Waals surface area contributed by atoms with E-state index in [0.29, 0.717) is 19.0 Å². The molecule has 2 aromatic rings. The molecule has 8 nitrogen and oxygen atoms in total. The van der Waals surface area contributed by atoms with Gasteiger partial charge in [-0.3, -0.25) is 14.4 Å². The Hall–Kier alpha value is -3.46. The number of hydrogen-bond acceptors (Lipinski definition) is 5. The molecule has 38 heavy (non-hydrogen) atoms. The van der Waals surface area contributed by atoms with E-state index < -0.39 is 0 Å². The third kappa shape index (κ3) is 9.78. The first-order valence-corrected chi connectivity index (χ1v) is 13.2. The van der Waals surface area contributed by atoms with E-state index in [2.05, 4.69) is 16.0 Å². The molecular weight excluding hydrogens is 487 g/mol. The maximum absolute atomic E-state index is 12.9. The van der Waals surface area contributed by atoms with Crippen LogP contribution in [0.3, 0.4) is 0 Å². The van der Waals surface area contributed by atoms with Crippen molar-refractivity contribution in [2.45, 2.75) is 51.7 Å².